The van der Waals surface area contributed by atoms with E-state index in [4.69, 9.17) is 0 Å². The maximum atomic E-state index is 12.3. The second kappa shape index (κ2) is 9.61. The minimum absolute atomic E-state index is 0.0718. The summed E-state index contributed by atoms with van der Waals surface area (Å²) in [5.74, 6) is 0.387. The van der Waals surface area contributed by atoms with Gasteiger partial charge in [-0.1, -0.05) is 118 Å². The summed E-state index contributed by atoms with van der Waals surface area (Å²) in [6.07, 6.45) is 0. The number of carbonyl (C=O) groups excluding carboxylic acids is 1. The summed E-state index contributed by atoms with van der Waals surface area (Å²) < 4.78 is 0. The van der Waals surface area contributed by atoms with Crippen molar-refractivity contribution in [1.29, 1.82) is 0 Å². The lowest BCUT2D eigenvalue weighted by molar-refractivity contribution is -0.166. The van der Waals surface area contributed by atoms with Crippen LogP contribution in [0.3, 0.4) is 0 Å². The zero-order valence-electron chi connectivity index (χ0n) is 23.5. The number of carbonyl (C=O) groups is 1. The molecule has 0 aliphatic rings. The van der Waals surface area contributed by atoms with Crippen LogP contribution in [0, 0.1) is 39.4 Å². The Labute approximate surface area is 189 Å². The van der Waals surface area contributed by atoms with Gasteiger partial charge in [0, 0.05) is 5.41 Å². The second-order valence-corrected chi connectivity index (χ2v) is 14.1. The van der Waals surface area contributed by atoms with Crippen LogP contribution in [-0.4, -0.2) is 27.2 Å². The molecule has 0 fully saturated rings. The molecule has 182 valence electrons. The molecular formula is C27H56O3. The quantitative estimate of drug-likeness (QED) is 0.500. The number of hydrogen-bond acceptors (Lipinski definition) is 3. The van der Waals surface area contributed by atoms with Crippen LogP contribution in [-0.2, 0) is 4.79 Å². The number of rotatable bonds is 4. The highest BCUT2D eigenvalue weighted by Crippen LogP contribution is 2.48. The monoisotopic (exact) mass is 428 g/mol. The Kier molecular flexibility index (Phi) is 10.2. The number of hydrogen-bond donors (Lipinski definition) is 2. The molecule has 0 aromatic rings. The highest BCUT2D eigenvalue weighted by Gasteiger charge is 2.52. The average molecular weight is 429 g/mol. The topological polar surface area (TPSA) is 57.5 Å². The molecule has 30 heavy (non-hydrogen) atoms. The lowest BCUT2D eigenvalue weighted by atomic mass is 9.58. The van der Waals surface area contributed by atoms with Crippen molar-refractivity contribution >= 4 is 5.78 Å². The molecule has 0 saturated carbocycles. The van der Waals surface area contributed by atoms with Gasteiger partial charge in [-0.2, -0.15) is 0 Å². The summed E-state index contributed by atoms with van der Waals surface area (Å²) in [5.41, 5.74) is -2.78. The minimum Gasteiger partial charge on any atom is -0.389 e. The normalized spacial score (nSPS) is 19.0. The van der Waals surface area contributed by atoms with Crippen molar-refractivity contribution < 1.29 is 15.0 Å². The number of Topliss-reactive ketones (excluding diaryl/α,β-unsaturated/α-hetero) is 1. The van der Waals surface area contributed by atoms with Gasteiger partial charge in [0.05, 0.1) is 5.60 Å². The Morgan fingerprint density at radius 2 is 0.933 bits per heavy atom. The van der Waals surface area contributed by atoms with Crippen LogP contribution in [0.25, 0.3) is 0 Å². The maximum Gasteiger partial charge on any atom is 0.170 e. The minimum atomic E-state index is -1.26. The van der Waals surface area contributed by atoms with Crippen LogP contribution in [0.5, 0.6) is 0 Å². The van der Waals surface area contributed by atoms with Crippen LogP contribution in [0.15, 0.2) is 0 Å². The van der Waals surface area contributed by atoms with Gasteiger partial charge in [-0.15, -0.1) is 0 Å². The van der Waals surface area contributed by atoms with Gasteiger partial charge in [0.1, 0.15) is 5.60 Å². The van der Waals surface area contributed by atoms with Gasteiger partial charge in [0.25, 0.3) is 0 Å². The molecule has 0 amide bonds. The van der Waals surface area contributed by atoms with E-state index >= 15 is 0 Å². The van der Waals surface area contributed by atoms with Crippen molar-refractivity contribution in [3.63, 3.8) is 0 Å². The molecule has 3 nitrogen and oxygen atoms in total. The molecule has 2 N–H and O–H groups in total. The van der Waals surface area contributed by atoms with E-state index in [0.717, 1.165) is 0 Å². The van der Waals surface area contributed by atoms with E-state index in [1.54, 1.807) is 0 Å². The predicted octanol–water partition coefficient (Wildman–Crippen LogP) is 7.14. The van der Waals surface area contributed by atoms with Crippen LogP contribution in [0.2, 0.25) is 0 Å². The molecule has 0 saturated heterocycles. The highest BCUT2D eigenvalue weighted by molar-refractivity contribution is 5.92. The highest BCUT2D eigenvalue weighted by atomic mass is 16.3. The average Bonchev–Trinajstić information content (AvgIpc) is 2.47. The smallest absolute Gasteiger partial charge is 0.170 e. The summed E-state index contributed by atoms with van der Waals surface area (Å²) in [7, 11) is 0. The van der Waals surface area contributed by atoms with Gasteiger partial charge in [0.2, 0.25) is 0 Å². The fourth-order valence-electron chi connectivity index (χ4n) is 4.72. The first-order valence-corrected chi connectivity index (χ1v) is 11.7. The molecule has 3 unspecified atom stereocenters. The van der Waals surface area contributed by atoms with Gasteiger partial charge in [0.15, 0.2) is 5.78 Å². The van der Waals surface area contributed by atoms with E-state index < -0.39 is 22.0 Å². The third-order valence-electron chi connectivity index (χ3n) is 7.05. The fourth-order valence-corrected chi connectivity index (χ4v) is 4.72. The van der Waals surface area contributed by atoms with E-state index in [0.29, 0.717) is 0 Å². The van der Waals surface area contributed by atoms with Gasteiger partial charge in [-0.25, -0.2) is 0 Å². The molecule has 0 aromatic heterocycles. The van der Waals surface area contributed by atoms with E-state index in [1.165, 1.54) is 0 Å². The van der Waals surface area contributed by atoms with Crippen molar-refractivity contribution in [2.24, 2.45) is 39.4 Å². The van der Waals surface area contributed by atoms with E-state index in [2.05, 4.69) is 62.3 Å². The zero-order chi connectivity index (χ0) is 25.3. The molecular weight excluding hydrogens is 372 g/mol. The first-order chi connectivity index (χ1) is 12.7. The van der Waals surface area contributed by atoms with Gasteiger partial charge < -0.3 is 10.2 Å². The Morgan fingerprint density at radius 3 is 1.00 bits per heavy atom. The SMILES string of the molecule is CC(C)C(O)(C(=O)C(C)(C)C)C(C)(C)C.CC(C)C(O)(C(C)C(C)(C)C)C(C)(C)C. The summed E-state index contributed by atoms with van der Waals surface area (Å²) in [6.45, 7) is 34.5. The Balaban J connectivity index is 0. The van der Waals surface area contributed by atoms with Gasteiger partial charge in [-0.05, 0) is 34.0 Å². The first-order valence-electron chi connectivity index (χ1n) is 11.7. The summed E-state index contributed by atoms with van der Waals surface area (Å²) in [4.78, 5) is 12.3. The van der Waals surface area contributed by atoms with Crippen molar-refractivity contribution in [3.05, 3.63) is 0 Å². The molecule has 3 heteroatoms. The molecule has 0 aromatic carbocycles. The molecule has 0 aliphatic heterocycles. The van der Waals surface area contributed by atoms with Gasteiger partial charge in [-0.3, -0.25) is 4.79 Å². The van der Waals surface area contributed by atoms with Crippen LogP contribution >= 0.6 is 0 Å². The molecule has 3 atom stereocenters. The fraction of sp³-hybridized carbons (Fsp3) is 0.963. The predicted molar refractivity (Wildman–Crippen MR) is 132 cm³/mol. The summed E-state index contributed by atoms with van der Waals surface area (Å²) >= 11 is 0. The molecule has 0 heterocycles. The van der Waals surface area contributed by atoms with Crippen molar-refractivity contribution in [2.45, 2.75) is 129 Å². The Hall–Kier alpha value is -0.410. The lowest BCUT2D eigenvalue weighted by Gasteiger charge is -2.52. The molecule has 0 radical (unpaired) electrons. The summed E-state index contributed by atoms with van der Waals surface area (Å²) in [6, 6.07) is 0. The van der Waals surface area contributed by atoms with E-state index in [1.807, 2.05) is 55.4 Å². The van der Waals surface area contributed by atoms with Crippen LogP contribution in [0.1, 0.15) is 118 Å². The molecule has 0 aliphatic carbocycles. The third kappa shape index (κ3) is 6.79. The van der Waals surface area contributed by atoms with Crippen molar-refractivity contribution in [1.82, 2.24) is 0 Å². The molecule has 0 spiro atoms. The Morgan fingerprint density at radius 1 is 0.600 bits per heavy atom. The molecule has 0 bridgehead atoms. The van der Waals surface area contributed by atoms with Crippen molar-refractivity contribution in [3.8, 4) is 0 Å². The number of aliphatic hydroxyl groups is 2. The van der Waals surface area contributed by atoms with Crippen LogP contribution < -0.4 is 0 Å². The van der Waals surface area contributed by atoms with E-state index in [-0.39, 0.29) is 34.4 Å². The van der Waals surface area contributed by atoms with Crippen LogP contribution in [0.4, 0.5) is 0 Å². The maximum absolute atomic E-state index is 12.3. The molecule has 0 rings (SSSR count). The van der Waals surface area contributed by atoms with Crippen molar-refractivity contribution in [2.75, 3.05) is 0 Å². The number of ketones is 1. The third-order valence-corrected chi connectivity index (χ3v) is 7.05. The van der Waals surface area contributed by atoms with E-state index in [9.17, 15) is 15.0 Å². The zero-order valence-corrected chi connectivity index (χ0v) is 23.5. The largest absolute Gasteiger partial charge is 0.389 e. The Bertz CT molecular complexity index is 547. The summed E-state index contributed by atoms with van der Waals surface area (Å²) in [5, 5.41) is 21.7. The standard InChI is InChI=1S/C14H30O.C13H26O2/c1-10(2)14(15,13(7,8)9)11(3)12(4,5)6;1-9(2)13(15,12(6,7)8)10(14)11(3,4)5/h10-11,15H,1-9H3;9,15H,1-8H3. The van der Waals surface area contributed by atoms with Gasteiger partial charge >= 0.3 is 0 Å². The second-order valence-electron chi connectivity index (χ2n) is 14.1. The lowest BCUT2D eigenvalue weighted by Crippen LogP contribution is -2.57. The first kappa shape index (κ1) is 31.8.